The van der Waals surface area contributed by atoms with E-state index in [1.54, 1.807) is 0 Å². The molecule has 10 rings (SSSR count). The summed E-state index contributed by atoms with van der Waals surface area (Å²) in [6.07, 6.45) is 7.86. The number of benzene rings is 5. The third kappa shape index (κ3) is 6.88. The van der Waals surface area contributed by atoms with E-state index < -0.39 is 14.9 Å². The molecule has 2 aliphatic rings. The molecule has 2 aliphatic heterocycles. The number of fused-ring (bicyclic) bond motifs is 8. The third-order valence-corrected chi connectivity index (χ3v) is 12.0. The largest absolute Gasteiger partial charge is 0.354 e. The van der Waals surface area contributed by atoms with Gasteiger partial charge < -0.3 is 4.98 Å². The van der Waals surface area contributed by atoms with Crippen LogP contribution in [0.2, 0.25) is 0 Å². The van der Waals surface area contributed by atoms with Crippen molar-refractivity contribution in [2.45, 2.75) is 4.90 Å². The van der Waals surface area contributed by atoms with Crippen LogP contribution in [0.5, 0.6) is 0 Å². The van der Waals surface area contributed by atoms with Gasteiger partial charge in [0.05, 0.1) is 43.6 Å². The molecular formula is C50H34N6O4S. The number of aromatic nitrogens is 4. The molecule has 0 radical (unpaired) electrons. The van der Waals surface area contributed by atoms with Crippen molar-refractivity contribution >= 4 is 62.1 Å². The van der Waals surface area contributed by atoms with Gasteiger partial charge in [-0.15, -0.1) is 0 Å². The van der Waals surface area contributed by atoms with Crippen LogP contribution in [0.4, 0.5) is 5.69 Å². The van der Waals surface area contributed by atoms with Crippen LogP contribution in [0, 0.1) is 10.1 Å². The number of aromatic amines is 1. The van der Waals surface area contributed by atoms with Crippen molar-refractivity contribution in [1.29, 1.82) is 0 Å². The predicted molar refractivity (Wildman–Crippen MR) is 244 cm³/mol. The Hall–Kier alpha value is -8.15. The first-order chi connectivity index (χ1) is 29.8. The molecule has 0 saturated carbocycles. The summed E-state index contributed by atoms with van der Waals surface area (Å²) >= 11 is 0. The Morgan fingerprint density at radius 2 is 0.885 bits per heavy atom. The molecule has 0 fully saturated rings. The van der Waals surface area contributed by atoms with Crippen LogP contribution in [0.1, 0.15) is 22.8 Å². The van der Waals surface area contributed by atoms with Crippen molar-refractivity contribution in [3.8, 4) is 44.5 Å². The highest BCUT2D eigenvalue weighted by molar-refractivity contribution is 7.92. The number of nitro groups is 1. The summed E-state index contributed by atoms with van der Waals surface area (Å²) in [5.41, 5.74) is 11.5. The molecule has 0 amide bonds. The zero-order chi connectivity index (χ0) is 41.5. The number of hydrogen-bond donors (Lipinski definition) is 2. The van der Waals surface area contributed by atoms with E-state index in [4.69, 9.17) is 9.97 Å². The third-order valence-electron chi connectivity index (χ3n) is 10.7. The zero-order valence-electron chi connectivity index (χ0n) is 32.3. The molecule has 11 heteroatoms. The van der Waals surface area contributed by atoms with Crippen molar-refractivity contribution in [3.63, 3.8) is 0 Å². The van der Waals surface area contributed by atoms with Gasteiger partial charge in [0, 0.05) is 45.4 Å². The van der Waals surface area contributed by atoms with Crippen molar-refractivity contribution in [3.05, 3.63) is 203 Å². The summed E-state index contributed by atoms with van der Waals surface area (Å²) in [6.45, 7) is 0. The second-order valence-corrected chi connectivity index (χ2v) is 16.1. The Morgan fingerprint density at radius 3 is 1.30 bits per heavy atom. The second-order valence-electron chi connectivity index (χ2n) is 14.5. The van der Waals surface area contributed by atoms with Gasteiger partial charge in [-0.3, -0.25) is 10.1 Å². The summed E-state index contributed by atoms with van der Waals surface area (Å²) in [7, 11) is -4.46. The molecule has 0 unspecified atom stereocenters. The van der Waals surface area contributed by atoms with E-state index in [-0.39, 0.29) is 10.6 Å². The molecule has 294 valence electrons. The van der Waals surface area contributed by atoms with Gasteiger partial charge in [-0.25, -0.2) is 19.5 Å². The SMILES string of the molecule is O=[N+]([O-])c1cccc(S(=O)(=O)Nn2c3ccc2c(-c2ccccc2)c2nc(c(-c4ccccc4)c4ccc([nH]4)c(-c4ccccc4)c4nc(c3-c3ccccc3)C=C4)C=C2)c1. The zero-order valence-corrected chi connectivity index (χ0v) is 33.1. The van der Waals surface area contributed by atoms with Gasteiger partial charge in [-0.05, 0) is 76.9 Å². The minimum absolute atomic E-state index is 0.270. The molecule has 8 aromatic rings. The number of H-pyrrole nitrogens is 1. The van der Waals surface area contributed by atoms with Crippen LogP contribution >= 0.6 is 0 Å². The van der Waals surface area contributed by atoms with Crippen LogP contribution in [0.25, 0.3) is 90.9 Å². The van der Waals surface area contributed by atoms with E-state index in [1.807, 2.05) is 133 Å². The minimum Gasteiger partial charge on any atom is -0.354 e. The van der Waals surface area contributed by atoms with Gasteiger partial charge in [0.15, 0.2) is 0 Å². The van der Waals surface area contributed by atoms with Gasteiger partial charge >= 0.3 is 0 Å². The highest BCUT2D eigenvalue weighted by Crippen LogP contribution is 2.39. The molecule has 0 atom stereocenters. The molecule has 5 heterocycles. The summed E-state index contributed by atoms with van der Waals surface area (Å²) in [4.78, 5) is 28.2. The predicted octanol–water partition coefficient (Wildman–Crippen LogP) is 11.6. The molecule has 0 saturated heterocycles. The van der Waals surface area contributed by atoms with E-state index >= 15 is 0 Å². The van der Waals surface area contributed by atoms with E-state index in [0.29, 0.717) is 44.9 Å². The number of nitro benzene ring substituents is 1. The number of sulfonamides is 1. The minimum atomic E-state index is -4.46. The van der Waals surface area contributed by atoms with Gasteiger partial charge in [0.1, 0.15) is 0 Å². The number of rotatable bonds is 8. The smallest absolute Gasteiger partial charge is 0.275 e. The fourth-order valence-corrected chi connectivity index (χ4v) is 9.06. The van der Waals surface area contributed by atoms with Gasteiger partial charge in [-0.2, -0.15) is 8.42 Å². The Kier molecular flexibility index (Phi) is 9.27. The maximum Gasteiger partial charge on any atom is 0.275 e. The Morgan fingerprint density at radius 1 is 0.492 bits per heavy atom. The maximum absolute atomic E-state index is 14.6. The number of nitrogens with one attached hydrogen (secondary N) is 2. The normalized spacial score (nSPS) is 12.1. The van der Waals surface area contributed by atoms with Gasteiger partial charge in [0.2, 0.25) is 0 Å². The van der Waals surface area contributed by atoms with E-state index in [1.165, 1.54) is 22.9 Å². The van der Waals surface area contributed by atoms with Crippen molar-refractivity contribution in [2.24, 2.45) is 0 Å². The van der Waals surface area contributed by atoms with Crippen LogP contribution < -0.4 is 4.83 Å². The van der Waals surface area contributed by atoms with E-state index in [0.717, 1.165) is 50.5 Å². The van der Waals surface area contributed by atoms with Gasteiger partial charge in [0.25, 0.3) is 15.7 Å². The maximum atomic E-state index is 14.6. The lowest BCUT2D eigenvalue weighted by Crippen LogP contribution is -2.23. The van der Waals surface area contributed by atoms with Crippen LogP contribution in [0.15, 0.2) is 175 Å². The summed E-state index contributed by atoms with van der Waals surface area (Å²) < 4.78 is 30.7. The average molecular weight is 815 g/mol. The lowest BCUT2D eigenvalue weighted by atomic mass is 10.0. The molecular weight excluding hydrogens is 781 g/mol. The second kappa shape index (κ2) is 15.2. The van der Waals surface area contributed by atoms with Crippen molar-refractivity contribution in [2.75, 3.05) is 4.83 Å². The van der Waals surface area contributed by atoms with Crippen LogP contribution in [-0.4, -0.2) is 33.0 Å². The molecule has 2 N–H and O–H groups in total. The Balaban J connectivity index is 1.41. The Labute approximate surface area is 350 Å². The standard InChI is InChI=1S/C50H34N6O4S/c57-56(58)37-22-13-23-38(32-37)61(59,60)54-55-45-30-31-46(55)50(36-20-11-4-12-21-36)44-29-27-42(53-44)48(34-16-7-2-8-17-34)40-25-24-39(51-40)47(33-14-5-1-6-15-33)41-26-28-43(52-41)49(45)35-18-9-3-10-19-35/h1-32,51,54H. The van der Waals surface area contributed by atoms with Crippen LogP contribution in [-0.2, 0) is 10.0 Å². The summed E-state index contributed by atoms with van der Waals surface area (Å²) in [5, 5.41) is 11.8. The summed E-state index contributed by atoms with van der Waals surface area (Å²) in [5.74, 6) is 0. The number of hydrogen-bond acceptors (Lipinski definition) is 6. The summed E-state index contributed by atoms with van der Waals surface area (Å²) in [6, 6.07) is 52.4. The molecule has 5 aromatic carbocycles. The molecule has 0 aliphatic carbocycles. The fraction of sp³-hybridized carbons (Fsp3) is 0. The molecule has 8 bridgehead atoms. The highest BCUT2D eigenvalue weighted by Gasteiger charge is 2.24. The molecule has 61 heavy (non-hydrogen) atoms. The van der Waals surface area contributed by atoms with Gasteiger partial charge in [-0.1, -0.05) is 127 Å². The topological polar surface area (TPSA) is 136 Å². The lowest BCUT2D eigenvalue weighted by Gasteiger charge is -2.16. The highest BCUT2D eigenvalue weighted by atomic mass is 32.2. The molecule has 0 spiro atoms. The first kappa shape index (κ1) is 37.1. The first-order valence-electron chi connectivity index (χ1n) is 19.5. The monoisotopic (exact) mass is 814 g/mol. The van der Waals surface area contributed by atoms with E-state index in [2.05, 4.69) is 46.2 Å². The molecule has 3 aromatic heterocycles. The van der Waals surface area contributed by atoms with Crippen molar-refractivity contribution < 1.29 is 13.3 Å². The first-order valence-corrected chi connectivity index (χ1v) is 21.0. The average Bonchev–Trinajstić information content (AvgIpc) is 4.14. The van der Waals surface area contributed by atoms with Crippen LogP contribution in [0.3, 0.4) is 0 Å². The molecule has 10 nitrogen and oxygen atoms in total. The fourth-order valence-electron chi connectivity index (χ4n) is 7.99. The quantitative estimate of drug-likeness (QED) is 0.116. The number of non-ortho nitro benzene ring substituents is 1. The number of nitrogens with zero attached hydrogens (tertiary/aromatic N) is 4. The lowest BCUT2D eigenvalue weighted by molar-refractivity contribution is -0.385. The van der Waals surface area contributed by atoms with Crippen molar-refractivity contribution in [1.82, 2.24) is 19.6 Å². The van der Waals surface area contributed by atoms with E-state index in [9.17, 15) is 18.5 Å². The Bertz CT molecular complexity index is 3180.